The number of thioether (sulfide) groups is 1. The van der Waals surface area contributed by atoms with E-state index in [2.05, 4.69) is 15.9 Å². The molecule has 0 saturated carbocycles. The van der Waals surface area contributed by atoms with Crippen LogP contribution in [0.15, 0.2) is 15.9 Å². The number of ketones is 1. The molecule has 0 atom stereocenters. The van der Waals surface area contributed by atoms with Crippen LogP contribution < -0.4 is 0 Å². The summed E-state index contributed by atoms with van der Waals surface area (Å²) in [6.45, 7) is 0. The van der Waals surface area contributed by atoms with Gasteiger partial charge in [0, 0.05) is 9.85 Å². The van der Waals surface area contributed by atoms with Gasteiger partial charge in [-0.25, -0.2) is 0 Å². The quantitative estimate of drug-likeness (QED) is 0.768. The summed E-state index contributed by atoms with van der Waals surface area (Å²) < 4.78 is 0.993. The lowest BCUT2D eigenvalue weighted by atomic mass is 10.4. The van der Waals surface area contributed by atoms with Crippen molar-refractivity contribution in [3.8, 4) is 0 Å². The maximum atomic E-state index is 11.2. The molecule has 60 valence electrons. The molecule has 0 aliphatic heterocycles. The number of Topliss-reactive ketones (excluding diaryl/α,β-unsaturated/α-hetero) is 1. The number of carbonyl (C=O) groups excluding carboxylic acids is 1. The van der Waals surface area contributed by atoms with Crippen molar-refractivity contribution in [3.63, 3.8) is 0 Å². The van der Waals surface area contributed by atoms with Gasteiger partial charge in [0.25, 0.3) is 0 Å². The molecule has 0 spiro atoms. The summed E-state index contributed by atoms with van der Waals surface area (Å²) in [5.74, 6) is 0.792. The van der Waals surface area contributed by atoms with Gasteiger partial charge in [-0.1, -0.05) is 0 Å². The first-order valence-electron chi connectivity index (χ1n) is 3.00. The van der Waals surface area contributed by atoms with Crippen LogP contribution in [0.25, 0.3) is 0 Å². The lowest BCUT2D eigenvalue weighted by Crippen LogP contribution is -1.97. The Labute approximate surface area is 82.3 Å². The van der Waals surface area contributed by atoms with Crippen LogP contribution in [0.5, 0.6) is 0 Å². The largest absolute Gasteiger partial charge is 0.292 e. The van der Waals surface area contributed by atoms with Gasteiger partial charge in [-0.05, 0) is 28.3 Å². The average molecular weight is 251 g/mol. The summed E-state index contributed by atoms with van der Waals surface area (Å²) in [6, 6.07) is 1.86. The maximum absolute atomic E-state index is 11.2. The summed E-state index contributed by atoms with van der Waals surface area (Å²) in [7, 11) is 0. The molecule has 0 aromatic carbocycles. The zero-order valence-corrected chi connectivity index (χ0v) is 9.18. The van der Waals surface area contributed by atoms with Crippen LogP contribution in [0.2, 0.25) is 0 Å². The van der Waals surface area contributed by atoms with Crippen LogP contribution in [0, 0.1) is 0 Å². The van der Waals surface area contributed by atoms with E-state index in [-0.39, 0.29) is 5.78 Å². The number of hydrogen-bond acceptors (Lipinski definition) is 3. The van der Waals surface area contributed by atoms with Gasteiger partial charge in [0.1, 0.15) is 0 Å². The smallest absolute Gasteiger partial charge is 0.182 e. The molecule has 0 amide bonds. The van der Waals surface area contributed by atoms with E-state index >= 15 is 0 Å². The van der Waals surface area contributed by atoms with Crippen molar-refractivity contribution in [2.75, 3.05) is 12.0 Å². The predicted octanol–water partition coefficient (Wildman–Crippen LogP) is 3.06. The highest BCUT2D eigenvalue weighted by atomic mass is 79.9. The van der Waals surface area contributed by atoms with Crippen molar-refractivity contribution in [3.05, 3.63) is 20.8 Å². The van der Waals surface area contributed by atoms with E-state index < -0.39 is 0 Å². The van der Waals surface area contributed by atoms with E-state index in [1.54, 1.807) is 11.8 Å². The van der Waals surface area contributed by atoms with Gasteiger partial charge in [0.15, 0.2) is 5.78 Å². The number of halogens is 1. The molecule has 0 unspecified atom stereocenters. The molecule has 11 heavy (non-hydrogen) atoms. The van der Waals surface area contributed by atoms with Crippen molar-refractivity contribution >= 4 is 44.8 Å². The molecule has 1 aromatic rings. The lowest BCUT2D eigenvalue weighted by molar-refractivity contribution is 0.102. The molecule has 1 rings (SSSR count). The first kappa shape index (κ1) is 9.29. The van der Waals surface area contributed by atoms with Crippen LogP contribution in [0.4, 0.5) is 0 Å². The molecule has 4 heteroatoms. The Morgan fingerprint density at radius 1 is 1.82 bits per heavy atom. The summed E-state index contributed by atoms with van der Waals surface area (Å²) >= 11 is 6.35. The molecule has 0 aliphatic carbocycles. The molecule has 0 N–H and O–H groups in total. The first-order valence-corrected chi connectivity index (χ1v) is 6.07. The average Bonchev–Trinajstić information content (AvgIpc) is 2.36. The Morgan fingerprint density at radius 2 is 2.55 bits per heavy atom. The summed E-state index contributed by atoms with van der Waals surface area (Å²) in [5, 5.41) is 1.92. The Morgan fingerprint density at radius 3 is 3.00 bits per heavy atom. The number of hydrogen-bond donors (Lipinski definition) is 0. The Hall–Kier alpha value is 0.200. The zero-order chi connectivity index (χ0) is 8.27. The SMILES string of the molecule is CSCC(=O)c1cc(Br)cs1. The van der Waals surface area contributed by atoms with Crippen molar-refractivity contribution in [2.24, 2.45) is 0 Å². The highest BCUT2D eigenvalue weighted by Crippen LogP contribution is 2.20. The highest BCUT2D eigenvalue weighted by molar-refractivity contribution is 9.10. The van der Waals surface area contributed by atoms with Crippen molar-refractivity contribution in [1.29, 1.82) is 0 Å². The zero-order valence-electron chi connectivity index (χ0n) is 5.96. The van der Waals surface area contributed by atoms with Crippen molar-refractivity contribution in [1.82, 2.24) is 0 Å². The summed E-state index contributed by atoms with van der Waals surface area (Å²) in [5.41, 5.74) is 0. The van der Waals surface area contributed by atoms with Crippen LogP contribution in [-0.2, 0) is 0 Å². The van der Waals surface area contributed by atoms with E-state index in [0.717, 1.165) is 9.35 Å². The minimum Gasteiger partial charge on any atom is -0.292 e. The fourth-order valence-corrected chi connectivity index (χ4v) is 2.54. The Kier molecular flexibility index (Phi) is 3.62. The summed E-state index contributed by atoms with van der Waals surface area (Å²) in [6.07, 6.45) is 1.93. The fraction of sp³-hybridized carbons (Fsp3) is 0.286. The van der Waals surface area contributed by atoms with E-state index in [9.17, 15) is 4.79 Å². The number of rotatable bonds is 3. The van der Waals surface area contributed by atoms with Crippen LogP contribution >= 0.6 is 39.0 Å². The van der Waals surface area contributed by atoms with E-state index in [1.807, 2.05) is 17.7 Å². The monoisotopic (exact) mass is 250 g/mol. The molecule has 0 bridgehead atoms. The molecular formula is C7H7BrOS2. The van der Waals surface area contributed by atoms with Crippen molar-refractivity contribution in [2.45, 2.75) is 0 Å². The Bertz CT molecular complexity index is 257. The van der Waals surface area contributed by atoms with Crippen molar-refractivity contribution < 1.29 is 4.79 Å². The van der Waals surface area contributed by atoms with Gasteiger partial charge < -0.3 is 0 Å². The van der Waals surface area contributed by atoms with Gasteiger partial charge in [-0.3, -0.25) is 4.79 Å². The van der Waals surface area contributed by atoms with Crippen LogP contribution in [0.3, 0.4) is 0 Å². The third-order valence-corrected chi connectivity index (χ3v) is 3.40. The second-order valence-corrected chi connectivity index (χ2v) is 4.68. The first-order chi connectivity index (χ1) is 5.24. The third-order valence-electron chi connectivity index (χ3n) is 1.12. The van der Waals surface area contributed by atoms with Gasteiger partial charge in [-0.15, -0.1) is 11.3 Å². The second kappa shape index (κ2) is 4.28. The molecule has 0 saturated heterocycles. The normalized spacial score (nSPS) is 10.0. The highest BCUT2D eigenvalue weighted by Gasteiger charge is 2.06. The molecule has 1 aromatic heterocycles. The molecule has 0 aliphatic rings. The topological polar surface area (TPSA) is 17.1 Å². The minimum atomic E-state index is 0.216. The summed E-state index contributed by atoms with van der Waals surface area (Å²) in [4.78, 5) is 12.1. The van der Waals surface area contributed by atoms with E-state index in [0.29, 0.717) is 5.75 Å². The standard InChI is InChI=1S/C7H7BrOS2/c1-10-4-6(9)7-2-5(8)3-11-7/h2-3H,4H2,1H3. The van der Waals surface area contributed by atoms with Gasteiger partial charge in [0.05, 0.1) is 10.6 Å². The third kappa shape index (κ3) is 2.61. The lowest BCUT2D eigenvalue weighted by Gasteiger charge is -1.90. The number of thiophene rings is 1. The maximum Gasteiger partial charge on any atom is 0.182 e. The van der Waals surface area contributed by atoms with Gasteiger partial charge in [0.2, 0.25) is 0 Å². The van der Waals surface area contributed by atoms with E-state index in [1.165, 1.54) is 11.3 Å². The second-order valence-electron chi connectivity index (χ2n) is 1.99. The molecular weight excluding hydrogens is 244 g/mol. The molecule has 0 fully saturated rings. The molecule has 0 radical (unpaired) electrons. The van der Waals surface area contributed by atoms with Gasteiger partial charge in [-0.2, -0.15) is 11.8 Å². The van der Waals surface area contributed by atoms with Crippen LogP contribution in [-0.4, -0.2) is 17.8 Å². The molecule has 1 nitrogen and oxygen atoms in total. The van der Waals surface area contributed by atoms with Gasteiger partial charge >= 0.3 is 0 Å². The fourth-order valence-electron chi connectivity index (χ4n) is 0.661. The van der Waals surface area contributed by atoms with Crippen LogP contribution in [0.1, 0.15) is 9.67 Å². The minimum absolute atomic E-state index is 0.216. The molecule has 1 heterocycles. The predicted molar refractivity (Wildman–Crippen MR) is 54.7 cm³/mol. The Balaban J connectivity index is 2.69. The number of carbonyl (C=O) groups is 1. The van der Waals surface area contributed by atoms with E-state index in [4.69, 9.17) is 0 Å².